The third-order valence-corrected chi connectivity index (χ3v) is 4.37. The maximum Gasteiger partial charge on any atom is 0.402 e. The number of halogens is 3. The molecule has 2 N–H and O–H groups in total. The van der Waals surface area contributed by atoms with Gasteiger partial charge in [0.05, 0.1) is 4.90 Å². The van der Waals surface area contributed by atoms with Crippen LogP contribution in [-0.4, -0.2) is 44.0 Å². The molecule has 0 aliphatic carbocycles. The Morgan fingerprint density at radius 3 is 2.55 bits per heavy atom. The largest absolute Gasteiger partial charge is 0.402 e. The molecule has 5 nitrogen and oxygen atoms in total. The number of rotatable bonds is 7. The molecule has 0 amide bonds. The van der Waals surface area contributed by atoms with Crippen molar-refractivity contribution in [2.75, 3.05) is 20.1 Å². The fraction of sp³-hybridized carbons (Fsp3) is 0.636. The molecule has 0 aromatic carbocycles. The van der Waals surface area contributed by atoms with E-state index in [-0.39, 0.29) is 11.4 Å². The first-order chi connectivity index (χ1) is 9.20. The molecule has 20 heavy (non-hydrogen) atoms. The highest BCUT2D eigenvalue weighted by Crippen LogP contribution is 2.23. The molecule has 0 radical (unpaired) electrons. The van der Waals surface area contributed by atoms with Gasteiger partial charge < -0.3 is 10.3 Å². The van der Waals surface area contributed by atoms with Gasteiger partial charge in [0.2, 0.25) is 10.0 Å². The maximum atomic E-state index is 12.5. The molecule has 0 unspecified atom stereocenters. The van der Waals surface area contributed by atoms with Crippen LogP contribution in [0.2, 0.25) is 0 Å². The van der Waals surface area contributed by atoms with Gasteiger partial charge in [-0.1, -0.05) is 6.92 Å². The fourth-order valence-corrected chi connectivity index (χ4v) is 3.28. The lowest BCUT2D eigenvalue weighted by Crippen LogP contribution is -2.39. The normalized spacial score (nSPS) is 13.1. The zero-order valence-corrected chi connectivity index (χ0v) is 12.1. The standard InChI is InChI=1S/C11H18F3N3O2S/c1-3-4-17(8-11(12,13)14)20(18,19)10-5-9(6-15-2)16-7-10/h5,7,15-16H,3-4,6,8H2,1-2H3. The van der Waals surface area contributed by atoms with E-state index in [2.05, 4.69) is 10.3 Å². The van der Waals surface area contributed by atoms with Crippen LogP contribution in [0, 0.1) is 0 Å². The monoisotopic (exact) mass is 313 g/mol. The number of H-pyrrole nitrogens is 1. The van der Waals surface area contributed by atoms with Crippen LogP contribution < -0.4 is 5.32 Å². The third kappa shape index (κ3) is 4.50. The van der Waals surface area contributed by atoms with Gasteiger partial charge in [-0.25, -0.2) is 8.42 Å². The van der Waals surface area contributed by atoms with E-state index in [1.54, 1.807) is 14.0 Å². The van der Waals surface area contributed by atoms with Crippen LogP contribution in [0.3, 0.4) is 0 Å². The minimum Gasteiger partial charge on any atom is -0.363 e. The highest BCUT2D eigenvalue weighted by atomic mass is 32.2. The van der Waals surface area contributed by atoms with E-state index in [0.29, 0.717) is 23.0 Å². The van der Waals surface area contributed by atoms with Crippen LogP contribution in [0.5, 0.6) is 0 Å². The minimum absolute atomic E-state index is 0.152. The number of sulfonamides is 1. The van der Waals surface area contributed by atoms with Crippen LogP contribution in [0.4, 0.5) is 13.2 Å². The Labute approximate surface area is 116 Å². The highest BCUT2D eigenvalue weighted by molar-refractivity contribution is 7.89. The van der Waals surface area contributed by atoms with E-state index in [1.807, 2.05) is 0 Å². The Bertz CT molecular complexity index is 525. The SMILES string of the molecule is CCCN(CC(F)(F)F)S(=O)(=O)c1c[nH]c(CNC)c1. The number of aromatic nitrogens is 1. The van der Waals surface area contributed by atoms with Crippen molar-refractivity contribution in [1.82, 2.24) is 14.6 Å². The van der Waals surface area contributed by atoms with Crippen molar-refractivity contribution in [2.45, 2.75) is 31.0 Å². The summed E-state index contributed by atoms with van der Waals surface area (Å²) in [5, 5.41) is 2.82. The number of aromatic amines is 1. The smallest absolute Gasteiger partial charge is 0.363 e. The summed E-state index contributed by atoms with van der Waals surface area (Å²) in [4.78, 5) is 2.57. The molecule has 0 fully saturated rings. The summed E-state index contributed by atoms with van der Waals surface area (Å²) in [6, 6.07) is 1.34. The molecule has 9 heteroatoms. The van der Waals surface area contributed by atoms with Crippen LogP contribution >= 0.6 is 0 Å². The second kappa shape index (κ2) is 6.59. The minimum atomic E-state index is -4.56. The molecule has 0 saturated carbocycles. The van der Waals surface area contributed by atoms with Gasteiger partial charge in [-0.2, -0.15) is 17.5 Å². The van der Waals surface area contributed by atoms with Crippen LogP contribution in [0.1, 0.15) is 19.0 Å². The summed E-state index contributed by atoms with van der Waals surface area (Å²) < 4.78 is 62.3. The van der Waals surface area contributed by atoms with Gasteiger partial charge in [0.1, 0.15) is 6.54 Å². The first-order valence-electron chi connectivity index (χ1n) is 6.09. The summed E-state index contributed by atoms with van der Waals surface area (Å²) >= 11 is 0. The summed E-state index contributed by atoms with van der Waals surface area (Å²) in [7, 11) is -2.46. The van der Waals surface area contributed by atoms with Crippen molar-refractivity contribution in [3.63, 3.8) is 0 Å². The number of nitrogens with zero attached hydrogens (tertiary/aromatic N) is 1. The highest BCUT2D eigenvalue weighted by Gasteiger charge is 2.36. The van der Waals surface area contributed by atoms with Gasteiger partial charge in [0, 0.05) is 25.0 Å². The van der Waals surface area contributed by atoms with Gasteiger partial charge in [0.25, 0.3) is 0 Å². The lowest BCUT2D eigenvalue weighted by molar-refractivity contribution is -0.136. The summed E-state index contributed by atoms with van der Waals surface area (Å²) in [5.41, 5.74) is 0.592. The van der Waals surface area contributed by atoms with Crippen molar-refractivity contribution in [2.24, 2.45) is 0 Å². The Hall–Kier alpha value is -1.06. The lowest BCUT2D eigenvalue weighted by atomic mass is 10.4. The van der Waals surface area contributed by atoms with E-state index in [0.717, 1.165) is 0 Å². The molecule has 116 valence electrons. The number of hydrogen-bond acceptors (Lipinski definition) is 3. The van der Waals surface area contributed by atoms with Crippen molar-refractivity contribution in [1.29, 1.82) is 0 Å². The second-order valence-corrected chi connectivity index (χ2v) is 6.28. The van der Waals surface area contributed by atoms with E-state index in [1.165, 1.54) is 12.3 Å². The van der Waals surface area contributed by atoms with Crippen molar-refractivity contribution < 1.29 is 21.6 Å². The van der Waals surface area contributed by atoms with Crippen LogP contribution in [0.25, 0.3) is 0 Å². The van der Waals surface area contributed by atoms with Crippen LogP contribution in [0.15, 0.2) is 17.2 Å². The van der Waals surface area contributed by atoms with E-state index < -0.39 is 22.7 Å². The predicted octanol–water partition coefficient (Wildman–Crippen LogP) is 1.70. The quantitative estimate of drug-likeness (QED) is 0.805. The van der Waals surface area contributed by atoms with E-state index in [4.69, 9.17) is 0 Å². The summed E-state index contributed by atoms with van der Waals surface area (Å²) in [5.74, 6) is 0. The van der Waals surface area contributed by atoms with E-state index >= 15 is 0 Å². The van der Waals surface area contributed by atoms with Crippen molar-refractivity contribution in [3.05, 3.63) is 18.0 Å². The van der Waals surface area contributed by atoms with Gasteiger partial charge in [0.15, 0.2) is 0 Å². The number of alkyl halides is 3. The first-order valence-corrected chi connectivity index (χ1v) is 7.53. The Morgan fingerprint density at radius 2 is 2.05 bits per heavy atom. The number of hydrogen-bond donors (Lipinski definition) is 2. The molecular weight excluding hydrogens is 295 g/mol. The topological polar surface area (TPSA) is 65.2 Å². The molecule has 0 bridgehead atoms. The molecule has 1 aromatic heterocycles. The average molecular weight is 313 g/mol. The Morgan fingerprint density at radius 1 is 1.40 bits per heavy atom. The fourth-order valence-electron chi connectivity index (χ4n) is 1.74. The van der Waals surface area contributed by atoms with Gasteiger partial charge in [-0.3, -0.25) is 0 Å². The van der Waals surface area contributed by atoms with E-state index in [9.17, 15) is 21.6 Å². The molecule has 0 saturated heterocycles. The molecule has 1 heterocycles. The number of nitrogens with one attached hydrogen (secondary N) is 2. The van der Waals surface area contributed by atoms with Crippen LogP contribution in [-0.2, 0) is 16.6 Å². The zero-order valence-electron chi connectivity index (χ0n) is 11.3. The molecule has 1 aromatic rings. The average Bonchev–Trinajstić information content (AvgIpc) is 2.76. The Kier molecular flexibility index (Phi) is 5.60. The summed E-state index contributed by atoms with van der Waals surface area (Å²) in [6.45, 7) is 0.384. The second-order valence-electron chi connectivity index (χ2n) is 4.34. The van der Waals surface area contributed by atoms with Gasteiger partial charge >= 0.3 is 6.18 Å². The Balaban J connectivity index is 3.02. The van der Waals surface area contributed by atoms with Crippen molar-refractivity contribution >= 4 is 10.0 Å². The predicted molar refractivity (Wildman–Crippen MR) is 68.7 cm³/mol. The maximum absolute atomic E-state index is 12.5. The molecule has 0 aliphatic heterocycles. The van der Waals surface area contributed by atoms with Crippen molar-refractivity contribution in [3.8, 4) is 0 Å². The van der Waals surface area contributed by atoms with Gasteiger partial charge in [-0.15, -0.1) is 0 Å². The molecule has 0 spiro atoms. The molecule has 0 atom stereocenters. The first kappa shape index (κ1) is 17.0. The third-order valence-electron chi connectivity index (χ3n) is 2.55. The summed E-state index contributed by atoms with van der Waals surface area (Å²) in [6.07, 6.45) is -3.05. The zero-order chi connectivity index (χ0) is 15.4. The molecular formula is C11H18F3N3O2S. The lowest BCUT2D eigenvalue weighted by Gasteiger charge is -2.22. The molecule has 1 rings (SSSR count). The van der Waals surface area contributed by atoms with Gasteiger partial charge in [-0.05, 0) is 19.5 Å². The molecule has 0 aliphatic rings.